The lowest BCUT2D eigenvalue weighted by Gasteiger charge is -2.18. The lowest BCUT2D eigenvalue weighted by molar-refractivity contribution is 0.354. The Hall–Kier alpha value is -2.51. The highest BCUT2D eigenvalue weighted by molar-refractivity contribution is 7.89. The predicted octanol–water partition coefficient (Wildman–Crippen LogP) is 4.38. The molecule has 0 saturated carbocycles. The second-order valence-corrected chi connectivity index (χ2v) is 9.65. The highest BCUT2D eigenvalue weighted by Crippen LogP contribution is 2.26. The first-order valence-corrected chi connectivity index (χ1v) is 10.6. The third-order valence-electron chi connectivity index (χ3n) is 4.48. The number of aromatic nitrogens is 2. The van der Waals surface area contributed by atoms with Gasteiger partial charge in [0.25, 0.3) is 0 Å². The van der Waals surface area contributed by atoms with Crippen molar-refractivity contribution in [2.75, 3.05) is 0 Å². The molecule has 0 unspecified atom stereocenters. The normalized spacial score (nSPS) is 13.5. The second kappa shape index (κ2) is 7.48. The highest BCUT2D eigenvalue weighted by atomic mass is 32.2. The van der Waals surface area contributed by atoms with Gasteiger partial charge in [-0.15, -0.1) is 0 Å². The lowest BCUT2D eigenvalue weighted by atomic mass is 9.87. The van der Waals surface area contributed by atoms with Crippen molar-refractivity contribution in [1.29, 1.82) is 0 Å². The van der Waals surface area contributed by atoms with Crippen molar-refractivity contribution in [1.82, 2.24) is 14.9 Å². The molecule has 28 heavy (non-hydrogen) atoms. The Morgan fingerprint density at radius 1 is 1.00 bits per heavy atom. The SMILES string of the molecule is Cc1ccc(S(=O)(=O)N[C@@H](C)c2nc(-c3ccc(C(C)(C)C)cc3)no2)cc1. The molecule has 7 heteroatoms. The Morgan fingerprint density at radius 3 is 2.18 bits per heavy atom. The van der Waals surface area contributed by atoms with E-state index in [4.69, 9.17) is 4.52 Å². The van der Waals surface area contributed by atoms with E-state index in [1.165, 1.54) is 5.56 Å². The molecule has 3 aromatic rings. The zero-order valence-corrected chi connectivity index (χ0v) is 17.5. The van der Waals surface area contributed by atoms with E-state index in [0.717, 1.165) is 11.1 Å². The van der Waals surface area contributed by atoms with Crippen LogP contribution < -0.4 is 4.72 Å². The summed E-state index contributed by atoms with van der Waals surface area (Å²) < 4.78 is 32.9. The molecule has 3 rings (SSSR count). The van der Waals surface area contributed by atoms with Crippen LogP contribution in [0.15, 0.2) is 57.9 Å². The molecule has 0 fully saturated rings. The van der Waals surface area contributed by atoms with Gasteiger partial charge in [0.15, 0.2) is 0 Å². The molecule has 0 aliphatic heterocycles. The van der Waals surface area contributed by atoms with Gasteiger partial charge < -0.3 is 4.52 Å². The van der Waals surface area contributed by atoms with Gasteiger partial charge in [0.05, 0.1) is 10.9 Å². The molecule has 0 radical (unpaired) electrons. The minimum atomic E-state index is -3.68. The van der Waals surface area contributed by atoms with Gasteiger partial charge >= 0.3 is 0 Å². The number of sulfonamides is 1. The zero-order chi connectivity index (χ0) is 20.5. The van der Waals surface area contributed by atoms with Gasteiger partial charge in [0.1, 0.15) is 0 Å². The van der Waals surface area contributed by atoms with E-state index < -0.39 is 16.1 Å². The Labute approximate surface area is 166 Å². The number of benzene rings is 2. The van der Waals surface area contributed by atoms with Gasteiger partial charge in [-0.2, -0.15) is 9.71 Å². The van der Waals surface area contributed by atoms with Crippen LogP contribution >= 0.6 is 0 Å². The summed E-state index contributed by atoms with van der Waals surface area (Å²) in [6, 6.07) is 14.0. The van der Waals surface area contributed by atoms with Gasteiger partial charge in [0.2, 0.25) is 21.7 Å². The van der Waals surface area contributed by atoms with Gasteiger partial charge in [-0.25, -0.2) is 8.42 Å². The molecule has 6 nitrogen and oxygen atoms in total. The van der Waals surface area contributed by atoms with Crippen LogP contribution in [-0.2, 0) is 15.4 Å². The van der Waals surface area contributed by atoms with Gasteiger partial charge in [0, 0.05) is 5.56 Å². The van der Waals surface area contributed by atoms with Crippen LogP contribution in [0.5, 0.6) is 0 Å². The third kappa shape index (κ3) is 4.48. The van der Waals surface area contributed by atoms with E-state index in [0.29, 0.717) is 5.82 Å². The second-order valence-electron chi connectivity index (χ2n) is 7.94. The van der Waals surface area contributed by atoms with Crippen LogP contribution in [0.3, 0.4) is 0 Å². The Kier molecular flexibility index (Phi) is 5.41. The molecule has 0 saturated heterocycles. The van der Waals surface area contributed by atoms with E-state index in [2.05, 4.69) is 35.6 Å². The largest absolute Gasteiger partial charge is 0.337 e. The summed E-state index contributed by atoms with van der Waals surface area (Å²) in [5, 5.41) is 3.99. The molecule has 1 aromatic heterocycles. The topological polar surface area (TPSA) is 85.1 Å². The molecular formula is C21H25N3O3S. The van der Waals surface area contributed by atoms with E-state index in [-0.39, 0.29) is 16.2 Å². The quantitative estimate of drug-likeness (QED) is 0.688. The standard InChI is InChI=1S/C21H25N3O3S/c1-14-6-12-18(13-7-14)28(25,26)24-15(2)20-22-19(23-27-20)16-8-10-17(11-9-16)21(3,4)5/h6-13,15,24H,1-5H3/t15-/m0/s1. The first kappa shape index (κ1) is 20.2. The summed E-state index contributed by atoms with van der Waals surface area (Å²) in [6.07, 6.45) is 0. The molecule has 0 bridgehead atoms. The smallest absolute Gasteiger partial charge is 0.244 e. The summed E-state index contributed by atoms with van der Waals surface area (Å²) in [6.45, 7) is 10.0. The lowest BCUT2D eigenvalue weighted by Crippen LogP contribution is -2.27. The Balaban J connectivity index is 1.77. The number of hydrogen-bond acceptors (Lipinski definition) is 5. The molecular weight excluding hydrogens is 374 g/mol. The minimum Gasteiger partial charge on any atom is -0.337 e. The maximum absolute atomic E-state index is 12.5. The molecule has 0 spiro atoms. The molecule has 0 aliphatic carbocycles. The van der Waals surface area contributed by atoms with E-state index >= 15 is 0 Å². The summed E-state index contributed by atoms with van der Waals surface area (Å²) in [7, 11) is -3.68. The van der Waals surface area contributed by atoms with Crippen molar-refractivity contribution < 1.29 is 12.9 Å². The number of aryl methyl sites for hydroxylation is 1. The number of rotatable bonds is 5. The fourth-order valence-corrected chi connectivity index (χ4v) is 3.91. The maximum atomic E-state index is 12.5. The zero-order valence-electron chi connectivity index (χ0n) is 16.7. The molecule has 1 heterocycles. The van der Waals surface area contributed by atoms with Crippen molar-refractivity contribution in [2.45, 2.75) is 51.0 Å². The maximum Gasteiger partial charge on any atom is 0.244 e. The van der Waals surface area contributed by atoms with Crippen molar-refractivity contribution in [3.8, 4) is 11.4 Å². The number of nitrogens with one attached hydrogen (secondary N) is 1. The molecule has 0 aliphatic rings. The van der Waals surface area contributed by atoms with Crippen LogP contribution in [0.2, 0.25) is 0 Å². The van der Waals surface area contributed by atoms with Gasteiger partial charge in [-0.05, 0) is 37.0 Å². The first-order chi connectivity index (χ1) is 13.1. The Bertz CT molecular complexity index is 1050. The monoisotopic (exact) mass is 399 g/mol. The van der Waals surface area contributed by atoms with E-state index in [1.807, 2.05) is 31.2 Å². The van der Waals surface area contributed by atoms with Crippen LogP contribution in [-0.4, -0.2) is 18.6 Å². The number of hydrogen-bond donors (Lipinski definition) is 1. The average Bonchev–Trinajstić information content (AvgIpc) is 3.11. The molecule has 1 atom stereocenters. The molecule has 2 aromatic carbocycles. The third-order valence-corrected chi connectivity index (χ3v) is 6.04. The van der Waals surface area contributed by atoms with Crippen molar-refractivity contribution in [2.24, 2.45) is 0 Å². The average molecular weight is 400 g/mol. The summed E-state index contributed by atoms with van der Waals surface area (Å²) in [4.78, 5) is 4.56. The summed E-state index contributed by atoms with van der Waals surface area (Å²) in [5.41, 5.74) is 3.07. The fraction of sp³-hybridized carbons (Fsp3) is 0.333. The first-order valence-electron chi connectivity index (χ1n) is 9.10. The highest BCUT2D eigenvalue weighted by Gasteiger charge is 2.23. The van der Waals surface area contributed by atoms with Crippen LogP contribution in [0, 0.1) is 6.92 Å². The van der Waals surface area contributed by atoms with Crippen molar-refractivity contribution in [3.63, 3.8) is 0 Å². The Morgan fingerprint density at radius 2 is 1.61 bits per heavy atom. The molecule has 148 valence electrons. The van der Waals surface area contributed by atoms with Crippen molar-refractivity contribution in [3.05, 3.63) is 65.5 Å². The van der Waals surface area contributed by atoms with Crippen LogP contribution in [0.25, 0.3) is 11.4 Å². The minimum absolute atomic E-state index is 0.0592. The van der Waals surface area contributed by atoms with Crippen molar-refractivity contribution >= 4 is 10.0 Å². The fourth-order valence-electron chi connectivity index (χ4n) is 2.72. The van der Waals surface area contributed by atoms with Gasteiger partial charge in [-0.3, -0.25) is 0 Å². The summed E-state index contributed by atoms with van der Waals surface area (Å²) in [5.74, 6) is 0.641. The van der Waals surface area contributed by atoms with Crippen LogP contribution in [0.1, 0.15) is 50.8 Å². The predicted molar refractivity (Wildman–Crippen MR) is 108 cm³/mol. The van der Waals surface area contributed by atoms with E-state index in [1.54, 1.807) is 31.2 Å². The van der Waals surface area contributed by atoms with Crippen LogP contribution in [0.4, 0.5) is 0 Å². The summed E-state index contributed by atoms with van der Waals surface area (Å²) >= 11 is 0. The van der Waals surface area contributed by atoms with E-state index in [9.17, 15) is 8.42 Å². The number of nitrogens with zero attached hydrogens (tertiary/aromatic N) is 2. The molecule has 0 amide bonds. The molecule has 1 N–H and O–H groups in total. The van der Waals surface area contributed by atoms with Gasteiger partial charge in [-0.1, -0.05) is 67.9 Å².